The first-order valence-corrected chi connectivity index (χ1v) is 9.74. The minimum Gasteiger partial charge on any atom is -0.345 e. The highest BCUT2D eigenvalue weighted by Gasteiger charge is 2.15. The van der Waals surface area contributed by atoms with Crippen LogP contribution in [0.2, 0.25) is 0 Å². The van der Waals surface area contributed by atoms with Crippen molar-refractivity contribution >= 4 is 28.5 Å². The molecule has 1 heterocycles. The predicted molar refractivity (Wildman–Crippen MR) is 117 cm³/mol. The number of imidazole rings is 1. The molecule has 0 bridgehead atoms. The van der Waals surface area contributed by atoms with Crippen LogP contribution in [0.4, 0.5) is 5.69 Å². The van der Waals surface area contributed by atoms with Crippen LogP contribution in [0.1, 0.15) is 21.7 Å². The van der Waals surface area contributed by atoms with E-state index in [2.05, 4.69) is 15.6 Å². The highest BCUT2D eigenvalue weighted by molar-refractivity contribution is 5.94. The Morgan fingerprint density at radius 1 is 0.900 bits per heavy atom. The number of hydrogen-bond acceptors (Lipinski definition) is 3. The largest absolute Gasteiger partial charge is 0.345 e. The number of benzene rings is 3. The first-order valence-electron chi connectivity index (χ1n) is 9.74. The highest BCUT2D eigenvalue weighted by atomic mass is 16.2. The normalized spacial score (nSPS) is 10.7. The van der Waals surface area contributed by atoms with Gasteiger partial charge in [0.1, 0.15) is 12.4 Å². The molecule has 30 heavy (non-hydrogen) atoms. The minimum atomic E-state index is -0.182. The van der Waals surface area contributed by atoms with E-state index in [1.165, 1.54) is 0 Å². The Morgan fingerprint density at radius 3 is 2.37 bits per heavy atom. The minimum absolute atomic E-state index is 0.102. The summed E-state index contributed by atoms with van der Waals surface area (Å²) < 4.78 is 1.84. The topological polar surface area (TPSA) is 76.0 Å². The Morgan fingerprint density at radius 2 is 1.60 bits per heavy atom. The Balaban J connectivity index is 1.53. The molecule has 2 amide bonds. The lowest BCUT2D eigenvalue weighted by Gasteiger charge is -2.11. The van der Waals surface area contributed by atoms with Crippen LogP contribution in [0, 0.1) is 6.92 Å². The van der Waals surface area contributed by atoms with Crippen molar-refractivity contribution < 1.29 is 9.59 Å². The Kier molecular flexibility index (Phi) is 5.57. The first kappa shape index (κ1) is 19.4. The van der Waals surface area contributed by atoms with Gasteiger partial charge < -0.3 is 15.2 Å². The third-order valence-corrected chi connectivity index (χ3v) is 4.81. The van der Waals surface area contributed by atoms with E-state index < -0.39 is 0 Å². The lowest BCUT2D eigenvalue weighted by Crippen LogP contribution is -2.26. The molecule has 0 saturated heterocycles. The summed E-state index contributed by atoms with van der Waals surface area (Å²) in [6.45, 7) is 2.32. The average Bonchev–Trinajstić information content (AvgIpc) is 3.11. The van der Waals surface area contributed by atoms with E-state index in [4.69, 9.17) is 0 Å². The molecular formula is C24H22N4O2. The Labute approximate surface area is 174 Å². The molecule has 3 aromatic carbocycles. The van der Waals surface area contributed by atoms with Crippen molar-refractivity contribution in [3.63, 3.8) is 0 Å². The van der Waals surface area contributed by atoms with Crippen molar-refractivity contribution in [2.24, 2.45) is 0 Å². The molecule has 4 aromatic rings. The zero-order valence-electron chi connectivity index (χ0n) is 16.6. The van der Waals surface area contributed by atoms with E-state index in [9.17, 15) is 9.59 Å². The summed E-state index contributed by atoms with van der Waals surface area (Å²) in [4.78, 5) is 29.7. The van der Waals surface area contributed by atoms with Crippen LogP contribution in [-0.2, 0) is 17.9 Å². The molecule has 0 saturated carbocycles. The monoisotopic (exact) mass is 398 g/mol. The average molecular weight is 398 g/mol. The maximum Gasteiger partial charge on any atom is 0.251 e. The molecule has 0 aliphatic heterocycles. The molecule has 1 aromatic heterocycles. The van der Waals surface area contributed by atoms with Gasteiger partial charge in [-0.15, -0.1) is 0 Å². The van der Waals surface area contributed by atoms with Gasteiger partial charge in [-0.05, 0) is 43.3 Å². The number of para-hydroxylation sites is 2. The van der Waals surface area contributed by atoms with Crippen LogP contribution in [-0.4, -0.2) is 21.4 Å². The summed E-state index contributed by atoms with van der Waals surface area (Å²) in [6, 6.07) is 24.3. The van der Waals surface area contributed by atoms with Crippen LogP contribution >= 0.6 is 0 Å². The second-order valence-corrected chi connectivity index (χ2v) is 7.07. The van der Waals surface area contributed by atoms with Gasteiger partial charge in [0.15, 0.2) is 0 Å². The van der Waals surface area contributed by atoms with Gasteiger partial charge in [-0.3, -0.25) is 9.59 Å². The number of nitrogens with one attached hydrogen (secondary N) is 2. The smallest absolute Gasteiger partial charge is 0.251 e. The summed E-state index contributed by atoms with van der Waals surface area (Å²) in [5.41, 5.74) is 4.08. The van der Waals surface area contributed by atoms with Crippen molar-refractivity contribution in [3.8, 4) is 0 Å². The molecule has 6 nitrogen and oxygen atoms in total. The number of anilines is 1. The summed E-state index contributed by atoms with van der Waals surface area (Å²) >= 11 is 0. The van der Waals surface area contributed by atoms with E-state index in [0.717, 1.165) is 22.3 Å². The van der Waals surface area contributed by atoms with E-state index >= 15 is 0 Å². The number of aromatic nitrogens is 2. The fourth-order valence-electron chi connectivity index (χ4n) is 3.27. The van der Waals surface area contributed by atoms with Crippen LogP contribution in [0.3, 0.4) is 0 Å². The molecule has 0 spiro atoms. The molecule has 4 rings (SSSR count). The zero-order chi connectivity index (χ0) is 20.9. The third-order valence-electron chi connectivity index (χ3n) is 4.81. The SMILES string of the molecule is Cc1ccc(NC(=O)Cn2c(CNC(=O)c3ccccc3)nc3ccccc32)cc1. The van der Waals surface area contributed by atoms with Gasteiger partial charge in [-0.25, -0.2) is 4.98 Å². The second kappa shape index (κ2) is 8.61. The molecule has 0 aliphatic carbocycles. The fourth-order valence-corrected chi connectivity index (χ4v) is 3.27. The molecule has 2 N–H and O–H groups in total. The summed E-state index contributed by atoms with van der Waals surface area (Å²) in [5, 5.41) is 5.81. The van der Waals surface area contributed by atoms with Crippen molar-refractivity contribution in [1.29, 1.82) is 0 Å². The van der Waals surface area contributed by atoms with E-state index in [0.29, 0.717) is 11.4 Å². The summed E-state index contributed by atoms with van der Waals surface area (Å²) in [6.07, 6.45) is 0. The lowest BCUT2D eigenvalue weighted by molar-refractivity contribution is -0.116. The highest BCUT2D eigenvalue weighted by Crippen LogP contribution is 2.17. The maximum atomic E-state index is 12.7. The first-order chi connectivity index (χ1) is 14.6. The molecule has 0 aliphatic rings. The van der Waals surface area contributed by atoms with Crippen molar-refractivity contribution in [3.05, 3.63) is 95.8 Å². The number of amides is 2. The second-order valence-electron chi connectivity index (χ2n) is 7.07. The van der Waals surface area contributed by atoms with Gasteiger partial charge in [0.2, 0.25) is 5.91 Å². The number of rotatable bonds is 6. The predicted octanol–water partition coefficient (Wildman–Crippen LogP) is 3.91. The van der Waals surface area contributed by atoms with Crippen molar-refractivity contribution in [1.82, 2.24) is 14.9 Å². The number of carbonyl (C=O) groups excluding carboxylic acids is 2. The quantitative estimate of drug-likeness (QED) is 0.517. The molecule has 150 valence electrons. The maximum absolute atomic E-state index is 12.7. The standard InChI is InChI=1S/C24H22N4O2/c1-17-11-13-19(14-12-17)26-23(29)16-28-21-10-6-5-9-20(21)27-22(28)15-25-24(30)18-7-3-2-4-8-18/h2-14H,15-16H2,1H3,(H,25,30)(H,26,29). The number of aryl methyl sites for hydroxylation is 1. The van der Waals surface area contributed by atoms with Crippen molar-refractivity contribution in [2.45, 2.75) is 20.0 Å². The Bertz CT molecular complexity index is 1180. The van der Waals surface area contributed by atoms with Crippen LogP contribution in [0.25, 0.3) is 11.0 Å². The van der Waals surface area contributed by atoms with E-state index in [-0.39, 0.29) is 24.9 Å². The van der Waals surface area contributed by atoms with Gasteiger partial charge in [0.25, 0.3) is 5.91 Å². The molecular weight excluding hydrogens is 376 g/mol. The summed E-state index contributed by atoms with van der Waals surface area (Å²) in [5.74, 6) is 0.287. The molecule has 0 fully saturated rings. The van der Waals surface area contributed by atoms with Gasteiger partial charge in [0.05, 0.1) is 17.6 Å². The van der Waals surface area contributed by atoms with E-state index in [1.807, 2.05) is 78.2 Å². The van der Waals surface area contributed by atoms with Gasteiger partial charge >= 0.3 is 0 Å². The summed E-state index contributed by atoms with van der Waals surface area (Å²) in [7, 11) is 0. The number of hydrogen-bond donors (Lipinski definition) is 2. The Hall–Kier alpha value is -3.93. The third kappa shape index (κ3) is 4.38. The molecule has 0 atom stereocenters. The lowest BCUT2D eigenvalue weighted by atomic mass is 10.2. The fraction of sp³-hybridized carbons (Fsp3) is 0.125. The molecule has 6 heteroatoms. The molecule has 0 unspecified atom stereocenters. The zero-order valence-corrected chi connectivity index (χ0v) is 16.6. The van der Waals surface area contributed by atoms with Gasteiger partial charge in [-0.1, -0.05) is 48.0 Å². The van der Waals surface area contributed by atoms with E-state index in [1.54, 1.807) is 12.1 Å². The number of fused-ring (bicyclic) bond motifs is 1. The molecule has 0 radical (unpaired) electrons. The van der Waals surface area contributed by atoms with Crippen LogP contribution in [0.15, 0.2) is 78.9 Å². The van der Waals surface area contributed by atoms with Gasteiger partial charge in [-0.2, -0.15) is 0 Å². The van der Waals surface area contributed by atoms with Crippen molar-refractivity contribution in [2.75, 3.05) is 5.32 Å². The number of carbonyl (C=O) groups is 2. The van der Waals surface area contributed by atoms with Crippen LogP contribution in [0.5, 0.6) is 0 Å². The number of nitrogens with zero attached hydrogens (tertiary/aromatic N) is 2. The van der Waals surface area contributed by atoms with Gasteiger partial charge in [0, 0.05) is 11.3 Å². The van der Waals surface area contributed by atoms with Crippen LogP contribution < -0.4 is 10.6 Å².